The zero-order valence-corrected chi connectivity index (χ0v) is 9.99. The van der Waals surface area contributed by atoms with Crippen molar-refractivity contribution in [3.05, 3.63) is 33.2 Å². The molecule has 0 unspecified atom stereocenters. The van der Waals surface area contributed by atoms with E-state index < -0.39 is 0 Å². The fourth-order valence-corrected chi connectivity index (χ4v) is 2.53. The van der Waals surface area contributed by atoms with Gasteiger partial charge in [-0.1, -0.05) is 19.3 Å². The van der Waals surface area contributed by atoms with E-state index >= 15 is 0 Å². The fourth-order valence-electron chi connectivity index (χ4n) is 2.53. The van der Waals surface area contributed by atoms with E-state index in [4.69, 9.17) is 0 Å². The Labute approximate surface area is 95.7 Å². The number of hydrogen-bond acceptors (Lipinski definition) is 2. The van der Waals surface area contributed by atoms with Crippen molar-refractivity contribution >= 4 is 0 Å². The van der Waals surface area contributed by atoms with Gasteiger partial charge in [0.25, 0.3) is 5.56 Å². The summed E-state index contributed by atoms with van der Waals surface area (Å²) < 4.78 is 0.859. The van der Waals surface area contributed by atoms with Crippen molar-refractivity contribution in [2.45, 2.75) is 51.9 Å². The second-order valence-corrected chi connectivity index (χ2v) is 4.83. The molecular formula is C13H19NO2. The molecule has 3 nitrogen and oxygen atoms in total. The SMILES string of the molecule is Cc1cc(C2CCCCC2)n(O)c(=O)c1C. The summed E-state index contributed by atoms with van der Waals surface area (Å²) in [4.78, 5) is 11.8. The summed E-state index contributed by atoms with van der Waals surface area (Å²) >= 11 is 0. The third-order valence-corrected chi connectivity index (χ3v) is 3.74. The Kier molecular flexibility index (Phi) is 3.03. The van der Waals surface area contributed by atoms with Gasteiger partial charge >= 0.3 is 0 Å². The van der Waals surface area contributed by atoms with E-state index in [-0.39, 0.29) is 5.56 Å². The van der Waals surface area contributed by atoms with Crippen LogP contribution in [-0.2, 0) is 0 Å². The molecule has 0 spiro atoms. The molecule has 1 aliphatic rings. The van der Waals surface area contributed by atoms with Gasteiger partial charge in [-0.05, 0) is 38.3 Å². The highest BCUT2D eigenvalue weighted by Gasteiger charge is 2.20. The lowest BCUT2D eigenvalue weighted by atomic mass is 9.86. The van der Waals surface area contributed by atoms with Gasteiger partial charge in [-0.3, -0.25) is 4.79 Å². The first-order valence-corrected chi connectivity index (χ1v) is 6.03. The van der Waals surface area contributed by atoms with E-state index in [2.05, 4.69) is 0 Å². The number of nitrogens with zero attached hydrogens (tertiary/aromatic N) is 1. The minimum atomic E-state index is -0.263. The van der Waals surface area contributed by atoms with Gasteiger partial charge in [0.15, 0.2) is 0 Å². The number of hydrogen-bond donors (Lipinski definition) is 1. The highest BCUT2D eigenvalue weighted by atomic mass is 16.5. The van der Waals surface area contributed by atoms with Gasteiger partial charge in [-0.15, -0.1) is 0 Å². The molecule has 0 atom stereocenters. The maximum absolute atomic E-state index is 11.8. The van der Waals surface area contributed by atoms with Crippen LogP contribution < -0.4 is 5.56 Å². The molecule has 3 heteroatoms. The van der Waals surface area contributed by atoms with Crippen molar-refractivity contribution in [1.29, 1.82) is 0 Å². The fraction of sp³-hybridized carbons (Fsp3) is 0.615. The van der Waals surface area contributed by atoms with E-state index in [0.717, 1.165) is 28.8 Å². The largest absolute Gasteiger partial charge is 0.425 e. The van der Waals surface area contributed by atoms with Crippen LogP contribution in [0.15, 0.2) is 10.9 Å². The van der Waals surface area contributed by atoms with Crippen LogP contribution in [0.25, 0.3) is 0 Å². The second kappa shape index (κ2) is 4.32. The lowest BCUT2D eigenvalue weighted by Crippen LogP contribution is -2.26. The summed E-state index contributed by atoms with van der Waals surface area (Å²) in [7, 11) is 0. The predicted octanol–water partition coefficient (Wildman–Crippen LogP) is 2.75. The van der Waals surface area contributed by atoms with E-state index in [1.165, 1.54) is 19.3 Å². The number of pyridine rings is 1. The predicted molar refractivity (Wildman–Crippen MR) is 63.2 cm³/mol. The van der Waals surface area contributed by atoms with Crippen molar-refractivity contribution in [2.24, 2.45) is 0 Å². The molecule has 0 bridgehead atoms. The molecule has 0 radical (unpaired) electrons. The Hall–Kier alpha value is -1.25. The summed E-state index contributed by atoms with van der Waals surface area (Å²) in [5, 5.41) is 9.86. The normalized spacial score (nSPS) is 17.6. The highest BCUT2D eigenvalue weighted by molar-refractivity contribution is 5.26. The summed E-state index contributed by atoms with van der Waals surface area (Å²) in [5.41, 5.74) is 2.16. The van der Waals surface area contributed by atoms with Crippen LogP contribution in [0.3, 0.4) is 0 Å². The van der Waals surface area contributed by atoms with E-state index in [1.807, 2.05) is 13.0 Å². The second-order valence-electron chi connectivity index (χ2n) is 4.83. The van der Waals surface area contributed by atoms with Crippen molar-refractivity contribution < 1.29 is 5.21 Å². The third kappa shape index (κ3) is 1.86. The van der Waals surface area contributed by atoms with Crippen molar-refractivity contribution in [2.75, 3.05) is 0 Å². The molecule has 1 fully saturated rings. The number of rotatable bonds is 1. The topological polar surface area (TPSA) is 42.2 Å². The molecule has 2 rings (SSSR count). The first-order valence-electron chi connectivity index (χ1n) is 6.03. The minimum Gasteiger partial charge on any atom is -0.425 e. The molecule has 0 aromatic carbocycles. The minimum absolute atomic E-state index is 0.263. The molecule has 0 saturated heterocycles. The molecule has 1 N–H and O–H groups in total. The highest BCUT2D eigenvalue weighted by Crippen LogP contribution is 2.32. The van der Waals surface area contributed by atoms with Crippen LogP contribution in [0.4, 0.5) is 0 Å². The van der Waals surface area contributed by atoms with Crippen LogP contribution in [0.1, 0.15) is 54.8 Å². The average Bonchev–Trinajstić information content (AvgIpc) is 2.32. The van der Waals surface area contributed by atoms with E-state index in [9.17, 15) is 10.0 Å². The van der Waals surface area contributed by atoms with Gasteiger partial charge in [-0.2, -0.15) is 4.73 Å². The lowest BCUT2D eigenvalue weighted by Gasteiger charge is -2.23. The summed E-state index contributed by atoms with van der Waals surface area (Å²) in [6.45, 7) is 3.69. The van der Waals surface area contributed by atoms with E-state index in [0.29, 0.717) is 11.5 Å². The van der Waals surface area contributed by atoms with Gasteiger partial charge < -0.3 is 5.21 Å². The molecule has 1 heterocycles. The number of aromatic nitrogens is 1. The average molecular weight is 221 g/mol. The zero-order valence-electron chi connectivity index (χ0n) is 9.99. The Bertz CT molecular complexity index is 442. The van der Waals surface area contributed by atoms with Gasteiger partial charge in [0.05, 0.1) is 5.69 Å². The molecule has 88 valence electrons. The molecular weight excluding hydrogens is 202 g/mol. The molecule has 1 saturated carbocycles. The van der Waals surface area contributed by atoms with Crippen LogP contribution in [0.2, 0.25) is 0 Å². The van der Waals surface area contributed by atoms with Crippen LogP contribution in [0, 0.1) is 13.8 Å². The summed E-state index contributed by atoms with van der Waals surface area (Å²) in [6.07, 6.45) is 5.85. The zero-order chi connectivity index (χ0) is 11.7. The van der Waals surface area contributed by atoms with Crippen LogP contribution >= 0.6 is 0 Å². The third-order valence-electron chi connectivity index (χ3n) is 3.74. The molecule has 0 amide bonds. The van der Waals surface area contributed by atoms with Crippen molar-refractivity contribution in [3.63, 3.8) is 0 Å². The van der Waals surface area contributed by atoms with Crippen molar-refractivity contribution in [1.82, 2.24) is 4.73 Å². The molecule has 16 heavy (non-hydrogen) atoms. The Morgan fingerprint density at radius 1 is 1.25 bits per heavy atom. The Balaban J connectivity index is 2.44. The standard InChI is InChI=1S/C13H19NO2/c1-9-8-12(11-6-4-3-5-7-11)14(16)13(15)10(9)2/h8,11,16H,3-7H2,1-2H3. The smallest absolute Gasteiger partial charge is 0.286 e. The number of aryl methyl sites for hydroxylation is 1. The first-order chi connectivity index (χ1) is 7.61. The summed E-state index contributed by atoms with van der Waals surface area (Å²) in [5.74, 6) is 0.353. The maximum atomic E-state index is 11.8. The van der Waals surface area contributed by atoms with Crippen LogP contribution in [-0.4, -0.2) is 9.94 Å². The monoisotopic (exact) mass is 221 g/mol. The summed E-state index contributed by atoms with van der Waals surface area (Å²) in [6, 6.07) is 1.96. The molecule has 0 aliphatic heterocycles. The quantitative estimate of drug-likeness (QED) is 0.741. The first kappa shape index (κ1) is 11.2. The van der Waals surface area contributed by atoms with E-state index in [1.54, 1.807) is 6.92 Å². The van der Waals surface area contributed by atoms with Gasteiger partial charge in [-0.25, -0.2) is 0 Å². The Morgan fingerprint density at radius 2 is 1.88 bits per heavy atom. The van der Waals surface area contributed by atoms with Gasteiger partial charge in [0.2, 0.25) is 0 Å². The van der Waals surface area contributed by atoms with Gasteiger partial charge in [0, 0.05) is 11.5 Å². The van der Waals surface area contributed by atoms with Crippen LogP contribution in [0.5, 0.6) is 0 Å². The molecule has 1 aromatic rings. The lowest BCUT2D eigenvalue weighted by molar-refractivity contribution is 0.156. The molecule has 1 aliphatic carbocycles. The maximum Gasteiger partial charge on any atom is 0.286 e. The van der Waals surface area contributed by atoms with Crippen molar-refractivity contribution in [3.8, 4) is 0 Å². The van der Waals surface area contributed by atoms with Gasteiger partial charge in [0.1, 0.15) is 0 Å². The molecule has 1 aromatic heterocycles. The Morgan fingerprint density at radius 3 is 2.50 bits per heavy atom.